The number of carboxylic acid groups (broad SMARTS) is 1. The van der Waals surface area contributed by atoms with Crippen LogP contribution in [0.25, 0.3) is 6.08 Å². The van der Waals surface area contributed by atoms with Crippen molar-refractivity contribution in [3.63, 3.8) is 0 Å². The van der Waals surface area contributed by atoms with Crippen molar-refractivity contribution in [1.82, 2.24) is 0 Å². The molecule has 1 aliphatic heterocycles. The van der Waals surface area contributed by atoms with E-state index < -0.39 is 23.2 Å². The predicted octanol–water partition coefficient (Wildman–Crippen LogP) is 2.57. The predicted molar refractivity (Wildman–Crippen MR) is 96.6 cm³/mol. The summed E-state index contributed by atoms with van der Waals surface area (Å²) in [7, 11) is 0. The molecule has 2 N–H and O–H groups in total. The Labute approximate surface area is 152 Å². The third kappa shape index (κ3) is 3.35. The number of hydrogen-bond donors (Lipinski definition) is 2. The van der Waals surface area contributed by atoms with Crippen LogP contribution in [-0.2, 0) is 4.79 Å². The third-order valence-corrected chi connectivity index (χ3v) is 4.72. The van der Waals surface area contributed by atoms with Gasteiger partial charge >= 0.3 is 5.97 Å². The minimum absolute atomic E-state index is 0.0707. The number of rotatable bonds is 3. The Morgan fingerprint density at radius 1 is 1.24 bits per heavy atom. The second kappa shape index (κ2) is 6.58. The normalized spacial score (nSPS) is 15.8. The van der Waals surface area contributed by atoms with Gasteiger partial charge in [-0.25, -0.2) is 4.79 Å². The van der Waals surface area contributed by atoms with Gasteiger partial charge in [0, 0.05) is 0 Å². The van der Waals surface area contributed by atoms with Crippen molar-refractivity contribution in [1.29, 1.82) is 0 Å². The quantitative estimate of drug-likeness (QED) is 0.631. The molecule has 0 atom stereocenters. The van der Waals surface area contributed by atoms with Gasteiger partial charge in [0.05, 0.1) is 16.2 Å². The monoisotopic (exact) mass is 372 g/mol. The lowest BCUT2D eigenvalue weighted by Crippen LogP contribution is -2.27. The molecule has 0 saturated carbocycles. The smallest absolute Gasteiger partial charge is 0.335 e. The fourth-order valence-electron chi connectivity index (χ4n) is 2.28. The number of carboxylic acids is 1. The van der Waals surface area contributed by atoms with E-state index in [0.29, 0.717) is 10.5 Å². The molecule has 1 heterocycles. The number of benzene rings is 2. The molecule has 0 aliphatic carbocycles. The van der Waals surface area contributed by atoms with Gasteiger partial charge in [-0.2, -0.15) is 0 Å². The molecule has 25 heavy (non-hydrogen) atoms. The molecular weight excluding hydrogens is 362 g/mol. The molecule has 6 nitrogen and oxygen atoms in total. The highest BCUT2D eigenvalue weighted by molar-refractivity contribution is 8.27. The van der Waals surface area contributed by atoms with E-state index in [1.54, 1.807) is 18.2 Å². The summed E-state index contributed by atoms with van der Waals surface area (Å²) in [6.07, 6.45) is 1.58. The van der Waals surface area contributed by atoms with E-state index in [0.717, 1.165) is 23.9 Å². The summed E-state index contributed by atoms with van der Waals surface area (Å²) >= 11 is 6.27. The Hall–Kier alpha value is -2.84. The van der Waals surface area contributed by atoms with Gasteiger partial charge in [-0.3, -0.25) is 9.69 Å². The molecule has 0 radical (unpaired) electrons. The first-order chi connectivity index (χ1) is 11.9. The Bertz CT molecular complexity index is 938. The van der Waals surface area contributed by atoms with Crippen molar-refractivity contribution < 1.29 is 24.9 Å². The molecule has 8 heteroatoms. The van der Waals surface area contributed by atoms with E-state index in [1.807, 2.05) is 0 Å². The van der Waals surface area contributed by atoms with Crippen LogP contribution in [0.2, 0.25) is 0 Å². The Balaban J connectivity index is 1.97. The number of amides is 1. The average molecular weight is 372 g/mol. The summed E-state index contributed by atoms with van der Waals surface area (Å²) in [5.41, 5.74) is 0.420. The molecule has 2 aromatic rings. The fourth-order valence-corrected chi connectivity index (χ4v) is 3.58. The molecule has 126 valence electrons. The van der Waals surface area contributed by atoms with Gasteiger partial charge in [-0.05, 0) is 35.9 Å². The van der Waals surface area contributed by atoms with E-state index in [4.69, 9.17) is 17.3 Å². The maximum absolute atomic E-state index is 12.6. The second-order valence-corrected chi connectivity index (χ2v) is 6.77. The van der Waals surface area contributed by atoms with Crippen molar-refractivity contribution in [3.05, 3.63) is 58.5 Å². The van der Waals surface area contributed by atoms with Gasteiger partial charge < -0.3 is 15.3 Å². The lowest BCUT2D eigenvalue weighted by Gasteiger charge is -2.18. The molecular formula is C17H10NO5S2-. The Morgan fingerprint density at radius 3 is 2.68 bits per heavy atom. The van der Waals surface area contributed by atoms with Crippen molar-refractivity contribution in [3.8, 4) is 11.5 Å². The number of carbonyl (C=O) groups is 2. The summed E-state index contributed by atoms with van der Waals surface area (Å²) in [5.74, 6) is -2.36. The van der Waals surface area contributed by atoms with Crippen LogP contribution in [0.4, 0.5) is 5.69 Å². The maximum Gasteiger partial charge on any atom is 0.335 e. The lowest BCUT2D eigenvalue weighted by atomic mass is 10.1. The van der Waals surface area contributed by atoms with Crippen LogP contribution in [0.15, 0.2) is 47.4 Å². The summed E-state index contributed by atoms with van der Waals surface area (Å²) in [6.45, 7) is 0. The van der Waals surface area contributed by atoms with Crippen LogP contribution in [0.1, 0.15) is 15.9 Å². The van der Waals surface area contributed by atoms with Crippen LogP contribution in [-0.4, -0.2) is 26.4 Å². The van der Waals surface area contributed by atoms with Gasteiger partial charge in [0.15, 0.2) is 4.32 Å². The van der Waals surface area contributed by atoms with Crippen LogP contribution >= 0.6 is 24.0 Å². The van der Waals surface area contributed by atoms with E-state index >= 15 is 0 Å². The molecule has 0 bridgehead atoms. The first-order valence-electron chi connectivity index (χ1n) is 6.98. The minimum atomic E-state index is -1.37. The molecule has 0 aromatic heterocycles. The van der Waals surface area contributed by atoms with Crippen molar-refractivity contribution >= 4 is 51.9 Å². The molecule has 1 aliphatic rings. The average Bonchev–Trinajstić information content (AvgIpc) is 2.82. The van der Waals surface area contributed by atoms with E-state index in [2.05, 4.69) is 0 Å². The molecule has 2 aromatic carbocycles. The summed E-state index contributed by atoms with van der Waals surface area (Å²) in [4.78, 5) is 25.3. The molecule has 3 rings (SSSR count). The highest BCUT2D eigenvalue weighted by Gasteiger charge is 2.33. The van der Waals surface area contributed by atoms with E-state index in [1.165, 1.54) is 23.1 Å². The number of hydrogen-bond acceptors (Lipinski definition) is 6. The molecule has 0 unspecified atom stereocenters. The maximum atomic E-state index is 12.6. The zero-order valence-corrected chi connectivity index (χ0v) is 14.1. The van der Waals surface area contributed by atoms with Crippen LogP contribution < -0.4 is 10.0 Å². The number of thioether (sulfide) groups is 1. The first kappa shape index (κ1) is 17.0. The summed E-state index contributed by atoms with van der Waals surface area (Å²) in [5, 5.41) is 30.1. The first-order valence-corrected chi connectivity index (χ1v) is 8.20. The summed E-state index contributed by atoms with van der Waals surface area (Å²) < 4.78 is 0.228. The van der Waals surface area contributed by atoms with Crippen LogP contribution in [0.5, 0.6) is 11.5 Å². The van der Waals surface area contributed by atoms with Gasteiger partial charge in [-0.15, -0.1) is 0 Å². The number of aromatic hydroxyl groups is 1. The van der Waals surface area contributed by atoms with Crippen molar-refractivity contribution in [2.24, 2.45) is 0 Å². The van der Waals surface area contributed by atoms with Gasteiger partial charge in [0.2, 0.25) is 0 Å². The van der Waals surface area contributed by atoms with Gasteiger partial charge in [-0.1, -0.05) is 47.9 Å². The fraction of sp³-hybridized carbons (Fsp3) is 0. The lowest BCUT2D eigenvalue weighted by molar-refractivity contribution is -0.268. The number of phenolic OH excluding ortho intramolecular Hbond substituents is 1. The highest BCUT2D eigenvalue weighted by atomic mass is 32.2. The largest absolute Gasteiger partial charge is 0.872 e. The topological polar surface area (TPSA) is 101 Å². The number of phenols is 1. The van der Waals surface area contributed by atoms with E-state index in [-0.39, 0.29) is 15.8 Å². The molecule has 1 fully saturated rings. The summed E-state index contributed by atoms with van der Waals surface area (Å²) in [6, 6.07) is 9.97. The molecule has 0 spiro atoms. The van der Waals surface area contributed by atoms with Gasteiger partial charge in [0.25, 0.3) is 5.91 Å². The van der Waals surface area contributed by atoms with Gasteiger partial charge in [0.1, 0.15) is 5.75 Å². The molecule has 1 amide bonds. The van der Waals surface area contributed by atoms with Crippen molar-refractivity contribution in [2.45, 2.75) is 0 Å². The number of thiocarbonyl (C=S) groups is 1. The minimum Gasteiger partial charge on any atom is -0.872 e. The van der Waals surface area contributed by atoms with E-state index in [9.17, 15) is 19.8 Å². The van der Waals surface area contributed by atoms with Crippen LogP contribution in [0, 0.1) is 0 Å². The number of carbonyl (C=O) groups excluding carboxylic acids is 1. The third-order valence-electron chi connectivity index (χ3n) is 3.41. The number of nitrogens with zero attached hydrogens (tertiary/aromatic N) is 1. The zero-order valence-electron chi connectivity index (χ0n) is 12.5. The standard InChI is InChI=1S/C17H11NO5S2/c19-11-3-1-2-9(6-11)7-14-15(21)18(17(24)25-14)10-4-5-13(20)12(8-10)16(22)23/h1-8,19-20H,(H,22,23)/p-1/b14-7-. The van der Waals surface area contributed by atoms with Crippen LogP contribution in [0.3, 0.4) is 0 Å². The number of aromatic carboxylic acids is 1. The Morgan fingerprint density at radius 2 is 2.00 bits per heavy atom. The zero-order chi connectivity index (χ0) is 18.1. The highest BCUT2D eigenvalue weighted by Crippen LogP contribution is 2.37. The van der Waals surface area contributed by atoms with Crippen molar-refractivity contribution in [2.75, 3.05) is 4.90 Å². The Kier molecular flexibility index (Phi) is 4.47. The second-order valence-electron chi connectivity index (χ2n) is 5.10. The SMILES string of the molecule is O=C(O)c1cc(N2C(=O)/C(=C/c3cccc(O)c3)SC2=S)ccc1[O-]. The molecule has 1 saturated heterocycles. The number of anilines is 1.